The predicted octanol–water partition coefficient (Wildman–Crippen LogP) is 4.10. The quantitative estimate of drug-likeness (QED) is 0.847. The summed E-state index contributed by atoms with van der Waals surface area (Å²) in [5, 5.41) is 13.8. The number of rotatable bonds is 5. The summed E-state index contributed by atoms with van der Waals surface area (Å²) in [7, 11) is 0. The maximum Gasteiger partial charge on any atom is 0.0652 e. The van der Waals surface area contributed by atoms with Crippen molar-refractivity contribution in [2.45, 2.75) is 19.0 Å². The van der Waals surface area contributed by atoms with Crippen LogP contribution in [-0.4, -0.2) is 11.7 Å². The van der Waals surface area contributed by atoms with E-state index in [-0.39, 0.29) is 6.61 Å². The van der Waals surface area contributed by atoms with Gasteiger partial charge in [0, 0.05) is 16.0 Å². The highest BCUT2D eigenvalue weighted by atomic mass is 79.9. The summed E-state index contributed by atoms with van der Waals surface area (Å²) < 4.78 is 0.958. The van der Waals surface area contributed by atoms with E-state index in [2.05, 4.69) is 21.2 Å². The van der Waals surface area contributed by atoms with Crippen LogP contribution in [0.4, 0.5) is 0 Å². The zero-order chi connectivity index (χ0) is 14.6. The first-order valence-corrected chi connectivity index (χ1v) is 7.57. The highest BCUT2D eigenvalue weighted by Crippen LogP contribution is 2.24. The molecule has 4 heteroatoms. The molecule has 0 spiro atoms. The zero-order valence-corrected chi connectivity index (χ0v) is 13.6. The number of hydrogen-bond acceptors (Lipinski definition) is 2. The van der Waals surface area contributed by atoms with Gasteiger partial charge in [0.05, 0.1) is 12.1 Å². The van der Waals surface area contributed by atoms with Gasteiger partial charge in [0.2, 0.25) is 0 Å². The Bertz CT molecular complexity index is 576. The van der Waals surface area contributed by atoms with Crippen molar-refractivity contribution in [2.24, 2.45) is 0 Å². The van der Waals surface area contributed by atoms with Gasteiger partial charge < -0.3 is 10.4 Å². The van der Waals surface area contributed by atoms with Gasteiger partial charge in [-0.3, -0.25) is 0 Å². The number of halogens is 2. The van der Waals surface area contributed by atoms with Crippen molar-refractivity contribution >= 4 is 27.5 Å². The molecule has 0 amide bonds. The molecule has 0 aromatic heterocycles. The maximum absolute atomic E-state index is 9.73. The Hall–Kier alpha value is -0.870. The number of hydrogen-bond donors (Lipinski definition) is 2. The van der Waals surface area contributed by atoms with Crippen LogP contribution in [0.15, 0.2) is 53.0 Å². The molecule has 2 aromatic carbocycles. The lowest BCUT2D eigenvalue weighted by atomic mass is 9.92. The fraction of sp³-hybridized carbons (Fsp3) is 0.250. The summed E-state index contributed by atoms with van der Waals surface area (Å²) in [6.45, 7) is 2.60. The second-order valence-corrected chi connectivity index (χ2v) is 6.27. The van der Waals surface area contributed by atoms with Gasteiger partial charge in [0.15, 0.2) is 0 Å². The molecule has 2 rings (SSSR count). The zero-order valence-electron chi connectivity index (χ0n) is 11.2. The molecule has 0 radical (unpaired) electrons. The maximum atomic E-state index is 9.73. The topological polar surface area (TPSA) is 32.3 Å². The molecule has 0 heterocycles. The minimum atomic E-state index is -0.488. The van der Waals surface area contributed by atoms with E-state index in [1.807, 2.05) is 55.5 Å². The van der Waals surface area contributed by atoms with Crippen molar-refractivity contribution < 1.29 is 5.11 Å². The lowest BCUT2D eigenvalue weighted by Gasteiger charge is -2.29. The summed E-state index contributed by atoms with van der Waals surface area (Å²) in [6, 6.07) is 15.7. The molecule has 0 aliphatic heterocycles. The minimum absolute atomic E-state index is 0.0190. The molecule has 0 bridgehead atoms. The Morgan fingerprint density at radius 1 is 1.20 bits per heavy atom. The monoisotopic (exact) mass is 353 g/mol. The third-order valence-corrected chi connectivity index (χ3v) is 4.26. The number of benzene rings is 2. The summed E-state index contributed by atoms with van der Waals surface area (Å²) in [4.78, 5) is 0. The number of nitrogens with one attached hydrogen (secondary N) is 1. The predicted molar refractivity (Wildman–Crippen MR) is 86.9 cm³/mol. The van der Waals surface area contributed by atoms with Crippen molar-refractivity contribution in [3.8, 4) is 0 Å². The van der Waals surface area contributed by atoms with Gasteiger partial charge in [-0.25, -0.2) is 0 Å². The molecule has 2 aromatic rings. The van der Waals surface area contributed by atoms with Crippen molar-refractivity contribution in [2.75, 3.05) is 6.61 Å². The standard InChI is InChI=1S/C16H17BrClNO/c1-16(11-20,13-5-3-2-4-6-13)19-10-12-7-8-14(17)9-15(12)18/h2-9,19-20H,10-11H2,1H3. The van der Waals surface area contributed by atoms with Gasteiger partial charge in [-0.2, -0.15) is 0 Å². The molecule has 1 atom stereocenters. The van der Waals surface area contributed by atoms with Crippen LogP contribution in [-0.2, 0) is 12.1 Å². The third-order valence-electron chi connectivity index (χ3n) is 3.41. The van der Waals surface area contributed by atoms with Crippen LogP contribution < -0.4 is 5.32 Å². The fourth-order valence-electron chi connectivity index (χ4n) is 2.01. The van der Waals surface area contributed by atoms with Crippen molar-refractivity contribution in [3.05, 3.63) is 69.2 Å². The first-order valence-electron chi connectivity index (χ1n) is 6.40. The Morgan fingerprint density at radius 2 is 1.90 bits per heavy atom. The van der Waals surface area contributed by atoms with Gasteiger partial charge in [-0.1, -0.05) is 63.9 Å². The van der Waals surface area contributed by atoms with Gasteiger partial charge in [-0.15, -0.1) is 0 Å². The lowest BCUT2D eigenvalue weighted by molar-refractivity contribution is 0.173. The van der Waals surface area contributed by atoms with Crippen LogP contribution in [0, 0.1) is 0 Å². The average molecular weight is 355 g/mol. The van der Waals surface area contributed by atoms with E-state index in [4.69, 9.17) is 11.6 Å². The molecule has 0 aliphatic rings. The van der Waals surface area contributed by atoms with Gasteiger partial charge in [0.25, 0.3) is 0 Å². The van der Waals surface area contributed by atoms with E-state index in [1.54, 1.807) is 0 Å². The molecule has 2 N–H and O–H groups in total. The third kappa shape index (κ3) is 3.61. The lowest BCUT2D eigenvalue weighted by Crippen LogP contribution is -2.42. The van der Waals surface area contributed by atoms with Gasteiger partial charge in [0.1, 0.15) is 0 Å². The van der Waals surface area contributed by atoms with Crippen LogP contribution in [0.2, 0.25) is 5.02 Å². The first-order chi connectivity index (χ1) is 9.55. The van der Waals surface area contributed by atoms with E-state index in [0.717, 1.165) is 15.6 Å². The highest BCUT2D eigenvalue weighted by Gasteiger charge is 2.24. The summed E-state index contributed by atoms with van der Waals surface area (Å²) in [6.07, 6.45) is 0. The van der Waals surface area contributed by atoms with Crippen LogP contribution >= 0.6 is 27.5 Å². The molecule has 0 saturated carbocycles. The second-order valence-electron chi connectivity index (χ2n) is 4.95. The minimum Gasteiger partial charge on any atom is -0.394 e. The second kappa shape index (κ2) is 6.72. The summed E-state index contributed by atoms with van der Waals surface area (Å²) in [5.74, 6) is 0. The van der Waals surface area contributed by atoms with E-state index < -0.39 is 5.54 Å². The molecule has 106 valence electrons. The summed E-state index contributed by atoms with van der Waals surface area (Å²) in [5.41, 5.74) is 1.57. The van der Waals surface area contributed by atoms with Crippen molar-refractivity contribution in [3.63, 3.8) is 0 Å². The molecule has 20 heavy (non-hydrogen) atoms. The van der Waals surface area contributed by atoms with E-state index in [0.29, 0.717) is 11.6 Å². The highest BCUT2D eigenvalue weighted by molar-refractivity contribution is 9.10. The Balaban J connectivity index is 2.15. The Kier molecular flexibility index (Phi) is 5.22. The normalized spacial score (nSPS) is 14.0. The van der Waals surface area contributed by atoms with Crippen LogP contribution in [0.3, 0.4) is 0 Å². The van der Waals surface area contributed by atoms with Gasteiger partial charge >= 0.3 is 0 Å². The molecular weight excluding hydrogens is 338 g/mol. The van der Waals surface area contributed by atoms with E-state index >= 15 is 0 Å². The number of aliphatic hydroxyl groups excluding tert-OH is 1. The molecule has 0 aliphatic carbocycles. The van der Waals surface area contributed by atoms with Crippen molar-refractivity contribution in [1.82, 2.24) is 5.32 Å². The van der Waals surface area contributed by atoms with E-state index in [1.165, 1.54) is 0 Å². The number of aliphatic hydroxyl groups is 1. The largest absolute Gasteiger partial charge is 0.394 e. The van der Waals surface area contributed by atoms with E-state index in [9.17, 15) is 5.11 Å². The molecule has 1 unspecified atom stereocenters. The van der Waals surface area contributed by atoms with Crippen molar-refractivity contribution in [1.29, 1.82) is 0 Å². The Morgan fingerprint density at radius 3 is 2.50 bits per heavy atom. The first kappa shape index (κ1) is 15.5. The summed E-state index contributed by atoms with van der Waals surface area (Å²) >= 11 is 9.61. The molecular formula is C16H17BrClNO. The fourth-order valence-corrected chi connectivity index (χ4v) is 2.75. The smallest absolute Gasteiger partial charge is 0.0652 e. The molecule has 0 saturated heterocycles. The van der Waals surface area contributed by atoms with Gasteiger partial charge in [-0.05, 0) is 30.2 Å². The average Bonchev–Trinajstić information content (AvgIpc) is 2.47. The SMILES string of the molecule is CC(CO)(NCc1ccc(Br)cc1Cl)c1ccccc1. The van der Waals surface area contributed by atoms with Crippen LogP contribution in [0.5, 0.6) is 0 Å². The molecule has 2 nitrogen and oxygen atoms in total. The Labute approximate surface area is 132 Å². The van der Waals surface area contributed by atoms with Crippen LogP contribution in [0.1, 0.15) is 18.1 Å². The molecule has 0 fully saturated rings. The van der Waals surface area contributed by atoms with Crippen LogP contribution in [0.25, 0.3) is 0 Å².